The Balaban J connectivity index is 1.89. The highest BCUT2D eigenvalue weighted by Crippen LogP contribution is 2.24. The van der Waals surface area contributed by atoms with E-state index in [9.17, 15) is 0 Å². The summed E-state index contributed by atoms with van der Waals surface area (Å²) in [6.45, 7) is 0. The molecule has 0 N–H and O–H groups in total. The second kappa shape index (κ2) is 4.16. The molecule has 0 radical (unpaired) electrons. The van der Waals surface area contributed by atoms with E-state index in [2.05, 4.69) is 37.7 Å². The van der Waals surface area contributed by atoms with E-state index in [1.54, 1.807) is 10.9 Å². The van der Waals surface area contributed by atoms with Crippen LogP contribution < -0.4 is 0 Å². The van der Waals surface area contributed by atoms with Gasteiger partial charge in [-0.05, 0) is 12.0 Å². The Labute approximate surface area is 115 Å². The van der Waals surface area contributed by atoms with E-state index in [4.69, 9.17) is 0 Å². The number of allylic oxidation sites excluding steroid dienone is 4. The molecule has 0 unspecified atom stereocenters. The van der Waals surface area contributed by atoms with Crippen LogP contribution >= 0.6 is 0 Å². The fraction of sp³-hybridized carbons (Fsp3) is 0.133. The van der Waals surface area contributed by atoms with Crippen LogP contribution in [-0.2, 0) is 7.05 Å². The van der Waals surface area contributed by atoms with Crippen LogP contribution in [0.5, 0.6) is 0 Å². The number of hydrogen-bond acceptors (Lipinski definition) is 3. The van der Waals surface area contributed by atoms with Crippen LogP contribution in [0, 0.1) is 0 Å². The maximum absolute atomic E-state index is 4.46. The number of rotatable bonds is 2. The van der Waals surface area contributed by atoms with Gasteiger partial charge in [0.25, 0.3) is 0 Å². The van der Waals surface area contributed by atoms with Crippen molar-refractivity contribution in [3.63, 3.8) is 0 Å². The molecule has 5 nitrogen and oxygen atoms in total. The van der Waals surface area contributed by atoms with Crippen molar-refractivity contribution in [1.29, 1.82) is 0 Å². The average Bonchev–Trinajstić information content (AvgIpc) is 3.17. The normalized spacial score (nSPS) is 14.2. The van der Waals surface area contributed by atoms with Crippen molar-refractivity contribution in [3.8, 4) is 11.3 Å². The highest BCUT2D eigenvalue weighted by Gasteiger charge is 2.10. The van der Waals surface area contributed by atoms with Crippen LogP contribution in [0.15, 0.2) is 49.2 Å². The van der Waals surface area contributed by atoms with Crippen molar-refractivity contribution in [2.24, 2.45) is 7.05 Å². The third kappa shape index (κ3) is 1.67. The van der Waals surface area contributed by atoms with Crippen LogP contribution in [0.25, 0.3) is 22.5 Å². The molecule has 5 heteroatoms. The minimum atomic E-state index is 0.855. The highest BCUT2D eigenvalue weighted by molar-refractivity contribution is 5.76. The maximum atomic E-state index is 4.46. The van der Waals surface area contributed by atoms with E-state index in [1.807, 2.05) is 31.8 Å². The fourth-order valence-corrected chi connectivity index (χ4v) is 2.45. The molecule has 0 saturated carbocycles. The van der Waals surface area contributed by atoms with Crippen molar-refractivity contribution in [3.05, 3.63) is 54.9 Å². The monoisotopic (exact) mass is 263 g/mol. The van der Waals surface area contributed by atoms with Gasteiger partial charge in [-0.25, -0.2) is 4.98 Å². The second-order valence-electron chi connectivity index (χ2n) is 4.84. The van der Waals surface area contributed by atoms with Crippen LogP contribution in [-0.4, -0.2) is 24.1 Å². The molecule has 3 aromatic rings. The number of fused-ring (bicyclic) bond motifs is 1. The van der Waals surface area contributed by atoms with Crippen molar-refractivity contribution in [2.45, 2.75) is 6.42 Å². The Morgan fingerprint density at radius 2 is 2.05 bits per heavy atom. The van der Waals surface area contributed by atoms with Gasteiger partial charge in [-0.1, -0.05) is 18.2 Å². The predicted octanol–water partition coefficient (Wildman–Crippen LogP) is 2.47. The molecule has 0 saturated heterocycles. The summed E-state index contributed by atoms with van der Waals surface area (Å²) >= 11 is 0. The molecule has 98 valence electrons. The molecule has 0 amide bonds. The number of nitrogens with zero attached hydrogens (tertiary/aromatic N) is 5. The van der Waals surface area contributed by atoms with Gasteiger partial charge < -0.3 is 0 Å². The first kappa shape index (κ1) is 11.2. The molecule has 0 aromatic carbocycles. The minimum Gasteiger partial charge on any atom is -0.296 e. The van der Waals surface area contributed by atoms with Crippen LogP contribution in [0.4, 0.5) is 0 Å². The molecule has 4 rings (SSSR count). The number of hydrogen-bond donors (Lipinski definition) is 0. The molecule has 0 bridgehead atoms. The van der Waals surface area contributed by atoms with Crippen LogP contribution in [0.1, 0.15) is 12.1 Å². The molecule has 3 aromatic heterocycles. The third-order valence-corrected chi connectivity index (χ3v) is 3.46. The lowest BCUT2D eigenvalue weighted by molar-refractivity contribution is 0.768. The standard InChI is InChI=1S/C15H13N5/c1-19-9-12(6-18-19)13-10-20-14(11-4-2-3-5-11)7-17-15(20)8-16-13/h2,4-10H,3H2,1H3. The van der Waals surface area contributed by atoms with Crippen molar-refractivity contribution < 1.29 is 0 Å². The summed E-state index contributed by atoms with van der Waals surface area (Å²) in [4.78, 5) is 8.86. The molecule has 20 heavy (non-hydrogen) atoms. The van der Waals surface area contributed by atoms with E-state index in [-0.39, 0.29) is 0 Å². The molecule has 3 heterocycles. The van der Waals surface area contributed by atoms with Crippen LogP contribution in [0.2, 0.25) is 0 Å². The van der Waals surface area contributed by atoms with Gasteiger partial charge in [0.05, 0.1) is 30.0 Å². The van der Waals surface area contributed by atoms with Gasteiger partial charge in [-0.2, -0.15) is 5.10 Å². The summed E-state index contributed by atoms with van der Waals surface area (Å²) in [7, 11) is 1.90. The first-order chi connectivity index (χ1) is 9.81. The average molecular weight is 263 g/mol. The van der Waals surface area contributed by atoms with Gasteiger partial charge in [0, 0.05) is 25.0 Å². The summed E-state index contributed by atoms with van der Waals surface area (Å²) in [6, 6.07) is 0. The van der Waals surface area contributed by atoms with Gasteiger partial charge in [0.1, 0.15) is 0 Å². The molecule has 0 aliphatic heterocycles. The third-order valence-electron chi connectivity index (χ3n) is 3.46. The Morgan fingerprint density at radius 1 is 1.10 bits per heavy atom. The first-order valence-electron chi connectivity index (χ1n) is 6.50. The van der Waals surface area contributed by atoms with E-state index in [0.717, 1.165) is 29.0 Å². The van der Waals surface area contributed by atoms with E-state index in [0.29, 0.717) is 0 Å². The Kier molecular flexibility index (Phi) is 2.32. The lowest BCUT2D eigenvalue weighted by Crippen LogP contribution is -1.94. The van der Waals surface area contributed by atoms with Gasteiger partial charge >= 0.3 is 0 Å². The topological polar surface area (TPSA) is 48.0 Å². The van der Waals surface area contributed by atoms with Gasteiger partial charge in [-0.3, -0.25) is 14.1 Å². The Bertz CT molecular complexity index is 850. The summed E-state index contributed by atoms with van der Waals surface area (Å²) in [5.74, 6) is 0. The lowest BCUT2D eigenvalue weighted by Gasteiger charge is -2.03. The molecule has 1 aliphatic rings. The number of aryl methyl sites for hydroxylation is 1. The first-order valence-corrected chi connectivity index (χ1v) is 6.50. The zero-order chi connectivity index (χ0) is 13.5. The molecule has 0 atom stereocenters. The van der Waals surface area contributed by atoms with Gasteiger partial charge in [0.2, 0.25) is 0 Å². The molecular weight excluding hydrogens is 250 g/mol. The van der Waals surface area contributed by atoms with Crippen LogP contribution in [0.3, 0.4) is 0 Å². The summed E-state index contributed by atoms with van der Waals surface area (Å²) in [5, 5.41) is 4.19. The summed E-state index contributed by atoms with van der Waals surface area (Å²) in [5.41, 5.74) is 5.06. The molecule has 0 fully saturated rings. The van der Waals surface area contributed by atoms with E-state index < -0.39 is 0 Å². The molecule has 0 spiro atoms. The summed E-state index contributed by atoms with van der Waals surface area (Å²) < 4.78 is 3.86. The number of imidazole rings is 1. The zero-order valence-corrected chi connectivity index (χ0v) is 11.1. The van der Waals surface area contributed by atoms with Gasteiger partial charge in [-0.15, -0.1) is 0 Å². The minimum absolute atomic E-state index is 0.855. The van der Waals surface area contributed by atoms with Crippen molar-refractivity contribution >= 4 is 11.2 Å². The lowest BCUT2D eigenvalue weighted by atomic mass is 10.2. The maximum Gasteiger partial charge on any atom is 0.155 e. The number of aromatic nitrogens is 5. The van der Waals surface area contributed by atoms with Crippen molar-refractivity contribution in [2.75, 3.05) is 0 Å². The smallest absolute Gasteiger partial charge is 0.155 e. The Morgan fingerprint density at radius 3 is 2.80 bits per heavy atom. The summed E-state index contributed by atoms with van der Waals surface area (Å²) in [6.07, 6.45) is 17.0. The SMILES string of the molecule is Cn1cc(-c2cn3c(C4=CCC=C4)cnc3cn2)cn1. The largest absolute Gasteiger partial charge is 0.296 e. The molecule has 1 aliphatic carbocycles. The van der Waals surface area contributed by atoms with Gasteiger partial charge in [0.15, 0.2) is 5.65 Å². The highest BCUT2D eigenvalue weighted by atomic mass is 15.2. The van der Waals surface area contributed by atoms with E-state index >= 15 is 0 Å². The fourth-order valence-electron chi connectivity index (χ4n) is 2.45. The quantitative estimate of drug-likeness (QED) is 0.713. The Hall–Kier alpha value is -2.69. The van der Waals surface area contributed by atoms with Crippen molar-refractivity contribution in [1.82, 2.24) is 24.1 Å². The second-order valence-corrected chi connectivity index (χ2v) is 4.84. The zero-order valence-electron chi connectivity index (χ0n) is 11.1. The predicted molar refractivity (Wildman–Crippen MR) is 76.9 cm³/mol. The molecular formula is C15H13N5. The van der Waals surface area contributed by atoms with E-state index in [1.165, 1.54) is 5.57 Å².